The molecule has 42 heavy (non-hydrogen) atoms. The molecule has 225 valence electrons. The fourth-order valence-corrected chi connectivity index (χ4v) is 6.13. The zero-order valence-electron chi connectivity index (χ0n) is 24.6. The molecule has 3 aliphatic carbocycles. The van der Waals surface area contributed by atoms with Crippen molar-refractivity contribution < 1.29 is 41.6 Å². The third kappa shape index (κ3) is 7.80. The Morgan fingerprint density at radius 2 is 1.64 bits per heavy atom. The number of ether oxygens (including phenoxy) is 1. The first-order valence-electron chi connectivity index (χ1n) is 14.0. The number of carboxylic acids is 1. The van der Waals surface area contributed by atoms with Crippen molar-refractivity contribution in [3.8, 4) is 17.2 Å². The van der Waals surface area contributed by atoms with Gasteiger partial charge in [-0.1, -0.05) is 50.2 Å². The normalized spacial score (nSPS) is 22.0. The van der Waals surface area contributed by atoms with Crippen molar-refractivity contribution in [2.75, 3.05) is 6.54 Å². The van der Waals surface area contributed by atoms with Gasteiger partial charge in [-0.3, -0.25) is 14.8 Å². The van der Waals surface area contributed by atoms with Crippen LogP contribution in [0.25, 0.3) is 0 Å². The molecule has 3 aromatic carbocycles. The molecule has 8 heteroatoms. The Labute approximate surface area is 258 Å². The van der Waals surface area contributed by atoms with Gasteiger partial charge in [-0.15, -0.1) is 0 Å². The van der Waals surface area contributed by atoms with Crippen molar-refractivity contribution in [3.63, 3.8) is 0 Å². The molecule has 2 bridgehead atoms. The van der Waals surface area contributed by atoms with Crippen LogP contribution < -0.4 is 4.74 Å². The summed E-state index contributed by atoms with van der Waals surface area (Å²) < 4.78 is 5.83. The third-order valence-corrected chi connectivity index (χ3v) is 8.54. The minimum atomic E-state index is -0.833. The standard InChI is InChI=1S/C32H36N2O3.C2H4O2.Co/c1-22-9-10-25(28(35)15-22)19-34-32(14-13-26-16-30(32)31(26,2)3)21-33-18-24-11-12-27(17-29(24)36)37-20-23-7-5-4-6-8-23;1-2(3)4;/h4-12,15,17-19,26,30,35-36H,13-14,16,20-21H2,1-3H3;1H3,(H,3,4);/t26-,30?,32?;;/m1../s1. The molecule has 0 aromatic heterocycles. The zero-order chi connectivity index (χ0) is 29.6. The molecule has 6 rings (SSSR count). The van der Waals surface area contributed by atoms with Crippen LogP contribution in [0.4, 0.5) is 0 Å². The molecule has 0 heterocycles. The summed E-state index contributed by atoms with van der Waals surface area (Å²) in [6.07, 6.45) is 6.85. The van der Waals surface area contributed by atoms with Gasteiger partial charge in [0.15, 0.2) is 0 Å². The van der Waals surface area contributed by atoms with E-state index in [0.717, 1.165) is 42.4 Å². The SMILES string of the molecule is CC(=O)O.Cc1ccc(C=NC2(CN=Cc3ccc(OCc4ccccc4)cc3O)CC[C@@H]3CC2C3(C)C)c(O)c1.[Co]. The van der Waals surface area contributed by atoms with Crippen LogP contribution in [-0.2, 0) is 28.2 Å². The average molecular weight is 616 g/mol. The summed E-state index contributed by atoms with van der Waals surface area (Å²) in [5.74, 6) is 1.35. The van der Waals surface area contributed by atoms with Crippen molar-refractivity contribution in [1.29, 1.82) is 0 Å². The Bertz CT molecular complexity index is 1420. The molecule has 0 saturated heterocycles. The quantitative estimate of drug-likeness (QED) is 0.241. The predicted octanol–water partition coefficient (Wildman–Crippen LogP) is 6.81. The summed E-state index contributed by atoms with van der Waals surface area (Å²) in [6.45, 7) is 8.74. The molecule has 3 atom stereocenters. The maximum Gasteiger partial charge on any atom is 0.300 e. The van der Waals surface area contributed by atoms with E-state index < -0.39 is 5.97 Å². The van der Waals surface area contributed by atoms with E-state index in [9.17, 15) is 10.2 Å². The van der Waals surface area contributed by atoms with Crippen LogP contribution in [0.3, 0.4) is 0 Å². The van der Waals surface area contributed by atoms with Gasteiger partial charge in [-0.05, 0) is 78.8 Å². The molecule has 2 unspecified atom stereocenters. The van der Waals surface area contributed by atoms with E-state index in [-0.39, 0.29) is 39.2 Å². The number of phenols is 2. The van der Waals surface area contributed by atoms with Gasteiger partial charge in [-0.2, -0.15) is 0 Å². The van der Waals surface area contributed by atoms with Crippen molar-refractivity contribution in [1.82, 2.24) is 0 Å². The number of phenolic OH excluding ortho intramolecular Hbond substituents is 2. The Morgan fingerprint density at radius 3 is 2.26 bits per heavy atom. The summed E-state index contributed by atoms with van der Waals surface area (Å²) in [5.41, 5.74) is 3.39. The molecule has 0 aliphatic heterocycles. The van der Waals surface area contributed by atoms with Gasteiger partial charge in [0.2, 0.25) is 0 Å². The van der Waals surface area contributed by atoms with Gasteiger partial charge >= 0.3 is 0 Å². The maximum atomic E-state index is 10.6. The van der Waals surface area contributed by atoms with Crippen LogP contribution in [0.15, 0.2) is 76.7 Å². The van der Waals surface area contributed by atoms with Crippen molar-refractivity contribution in [2.24, 2.45) is 27.2 Å². The molecule has 0 amide bonds. The number of aryl methyl sites for hydroxylation is 1. The molecule has 0 spiro atoms. The summed E-state index contributed by atoms with van der Waals surface area (Å²) in [6, 6.07) is 21.0. The third-order valence-electron chi connectivity index (χ3n) is 8.54. The number of hydrogen-bond acceptors (Lipinski definition) is 6. The summed E-state index contributed by atoms with van der Waals surface area (Å²) >= 11 is 0. The first-order chi connectivity index (χ1) is 19.5. The topological polar surface area (TPSA) is 112 Å². The van der Waals surface area contributed by atoms with Crippen molar-refractivity contribution in [2.45, 2.75) is 59.1 Å². The van der Waals surface area contributed by atoms with Crippen molar-refractivity contribution in [3.05, 3.63) is 89.0 Å². The fraction of sp³-hybridized carbons (Fsp3) is 0.382. The van der Waals surface area contributed by atoms with Gasteiger partial charge in [0.05, 0.1) is 12.1 Å². The number of carboxylic acid groups (broad SMARTS) is 1. The molecule has 1 radical (unpaired) electrons. The Hall–Kier alpha value is -3.62. The summed E-state index contributed by atoms with van der Waals surface area (Å²) in [7, 11) is 0. The predicted molar refractivity (Wildman–Crippen MR) is 162 cm³/mol. The van der Waals surface area contributed by atoms with Gasteiger partial charge < -0.3 is 20.1 Å². The molecule has 3 N–H and O–H groups in total. The van der Waals surface area contributed by atoms with E-state index in [4.69, 9.17) is 24.6 Å². The number of aliphatic carboxylic acids is 1. The van der Waals surface area contributed by atoms with Crippen LogP contribution in [0, 0.1) is 24.2 Å². The number of nitrogens with zero attached hydrogens (tertiary/aromatic N) is 2. The number of aliphatic imine (C=N–C) groups is 2. The molecule has 3 fully saturated rings. The summed E-state index contributed by atoms with van der Waals surface area (Å²) in [4.78, 5) is 18.9. The number of fused-ring (bicyclic) bond motifs is 2. The summed E-state index contributed by atoms with van der Waals surface area (Å²) in [5, 5.41) is 28.4. The second-order valence-electron chi connectivity index (χ2n) is 11.8. The number of rotatable bonds is 8. The van der Waals surface area contributed by atoms with E-state index in [0.29, 0.717) is 30.4 Å². The number of aromatic hydroxyl groups is 2. The van der Waals surface area contributed by atoms with Gasteiger partial charge in [0.1, 0.15) is 23.9 Å². The largest absolute Gasteiger partial charge is 0.507 e. The monoisotopic (exact) mass is 615 g/mol. The van der Waals surface area contributed by atoms with Gasteiger partial charge in [0, 0.05) is 53.3 Å². The van der Waals surface area contributed by atoms with E-state index in [1.54, 1.807) is 18.3 Å². The minimum Gasteiger partial charge on any atom is -0.507 e. The first kappa shape index (κ1) is 32.9. The molecule has 3 aliphatic rings. The number of carbonyl (C=O) groups is 1. The van der Waals surface area contributed by atoms with Gasteiger partial charge in [0.25, 0.3) is 5.97 Å². The number of hydrogen-bond donors (Lipinski definition) is 3. The minimum absolute atomic E-state index is 0. The Kier molecular flexibility index (Phi) is 11.0. The average Bonchev–Trinajstić information content (AvgIpc) is 2.93. The van der Waals surface area contributed by atoms with Crippen LogP contribution in [-0.4, -0.2) is 45.8 Å². The van der Waals surface area contributed by atoms with Gasteiger partial charge in [-0.25, -0.2) is 0 Å². The van der Waals surface area contributed by atoms with Crippen molar-refractivity contribution >= 4 is 18.4 Å². The van der Waals surface area contributed by atoms with Crippen LogP contribution in [0.1, 0.15) is 62.3 Å². The Balaban J connectivity index is 0.000000911. The van der Waals surface area contributed by atoms with Crippen LogP contribution >= 0.6 is 0 Å². The smallest absolute Gasteiger partial charge is 0.300 e. The van der Waals surface area contributed by atoms with E-state index >= 15 is 0 Å². The van der Waals surface area contributed by atoms with Crippen LogP contribution in [0.2, 0.25) is 0 Å². The molecule has 3 saturated carbocycles. The van der Waals surface area contributed by atoms with Crippen LogP contribution in [0.5, 0.6) is 17.2 Å². The van der Waals surface area contributed by atoms with E-state index in [2.05, 4.69) is 13.8 Å². The maximum absolute atomic E-state index is 10.6. The van der Waals surface area contributed by atoms with E-state index in [1.807, 2.05) is 67.7 Å². The molecular formula is C34H40CoN2O5. The van der Waals surface area contributed by atoms with E-state index in [1.165, 1.54) is 6.42 Å². The second kappa shape index (κ2) is 14.0. The molecule has 7 nitrogen and oxygen atoms in total. The zero-order valence-corrected chi connectivity index (χ0v) is 25.6. The molecule has 3 aromatic rings. The number of benzene rings is 3. The fourth-order valence-electron chi connectivity index (χ4n) is 6.13. The first-order valence-corrected chi connectivity index (χ1v) is 14.0. The Morgan fingerprint density at radius 1 is 1.00 bits per heavy atom. The molecular weight excluding hydrogens is 575 g/mol. The second-order valence-corrected chi connectivity index (χ2v) is 11.8.